The lowest BCUT2D eigenvalue weighted by atomic mass is 9.96. The van der Waals surface area contributed by atoms with Crippen LogP contribution < -0.4 is 0 Å². The van der Waals surface area contributed by atoms with Gasteiger partial charge in [-0.2, -0.15) is 0 Å². The van der Waals surface area contributed by atoms with E-state index in [1.165, 1.54) is 0 Å². The van der Waals surface area contributed by atoms with Gasteiger partial charge in [0.2, 0.25) is 11.8 Å². The second kappa shape index (κ2) is 8.97. The van der Waals surface area contributed by atoms with Gasteiger partial charge in [-0.3, -0.25) is 9.59 Å². The monoisotopic (exact) mass is 346 g/mol. The van der Waals surface area contributed by atoms with E-state index in [0.717, 1.165) is 18.4 Å². The van der Waals surface area contributed by atoms with Crippen LogP contribution in [0, 0.1) is 5.92 Å². The molecule has 2 aliphatic heterocycles. The molecule has 25 heavy (non-hydrogen) atoms. The Kier molecular flexibility index (Phi) is 6.42. The van der Waals surface area contributed by atoms with Crippen LogP contribution in [0.15, 0.2) is 30.3 Å². The van der Waals surface area contributed by atoms with Crippen LogP contribution in [0.5, 0.6) is 0 Å². The first-order valence-corrected chi connectivity index (χ1v) is 9.00. The maximum atomic E-state index is 12.6. The molecule has 0 bridgehead atoms. The van der Waals surface area contributed by atoms with Crippen LogP contribution in [-0.2, 0) is 25.7 Å². The molecule has 0 radical (unpaired) electrons. The summed E-state index contributed by atoms with van der Waals surface area (Å²) < 4.78 is 10.8. The number of likely N-dealkylation sites (tertiary alicyclic amines) is 1. The van der Waals surface area contributed by atoms with Crippen LogP contribution >= 0.6 is 0 Å². The quantitative estimate of drug-likeness (QED) is 0.806. The molecule has 1 unspecified atom stereocenters. The van der Waals surface area contributed by atoms with Gasteiger partial charge in [0.25, 0.3) is 0 Å². The molecule has 6 heteroatoms. The van der Waals surface area contributed by atoms with E-state index in [2.05, 4.69) is 0 Å². The molecule has 0 aromatic heterocycles. The van der Waals surface area contributed by atoms with Crippen LogP contribution in [0.2, 0.25) is 0 Å². The standard InChI is InChI=1S/C19H26N2O4/c22-18(15-25-14-16-5-2-1-3-6-16)21-8-4-7-17(13-21)19(23)20-9-11-24-12-10-20/h1-3,5-6,17H,4,7-15H2. The number of rotatable bonds is 5. The van der Waals surface area contributed by atoms with Crippen LogP contribution in [-0.4, -0.2) is 67.6 Å². The Morgan fingerprint density at radius 2 is 1.84 bits per heavy atom. The van der Waals surface area contributed by atoms with Crippen molar-refractivity contribution in [3.05, 3.63) is 35.9 Å². The second-order valence-corrected chi connectivity index (χ2v) is 6.59. The minimum Gasteiger partial charge on any atom is -0.378 e. The molecule has 136 valence electrons. The number of carbonyl (C=O) groups is 2. The van der Waals surface area contributed by atoms with Crippen molar-refractivity contribution in [1.29, 1.82) is 0 Å². The fourth-order valence-electron chi connectivity index (χ4n) is 3.37. The summed E-state index contributed by atoms with van der Waals surface area (Å²) in [6, 6.07) is 9.80. The number of morpholine rings is 1. The summed E-state index contributed by atoms with van der Waals surface area (Å²) in [6.45, 7) is 4.23. The van der Waals surface area contributed by atoms with Crippen molar-refractivity contribution < 1.29 is 19.1 Å². The summed E-state index contributed by atoms with van der Waals surface area (Å²) in [7, 11) is 0. The maximum Gasteiger partial charge on any atom is 0.248 e. The number of ether oxygens (including phenoxy) is 2. The smallest absolute Gasteiger partial charge is 0.248 e. The molecule has 1 aromatic rings. The third kappa shape index (κ3) is 5.03. The normalized spacial score (nSPS) is 21.2. The van der Waals surface area contributed by atoms with Gasteiger partial charge in [0, 0.05) is 26.2 Å². The first-order chi connectivity index (χ1) is 12.2. The molecule has 3 rings (SSSR count). The summed E-state index contributed by atoms with van der Waals surface area (Å²) in [5.74, 6) is 0.0336. The van der Waals surface area contributed by atoms with Crippen LogP contribution in [0.3, 0.4) is 0 Å². The Morgan fingerprint density at radius 1 is 1.08 bits per heavy atom. The SMILES string of the molecule is O=C(COCc1ccccc1)N1CCCC(C(=O)N2CCOCC2)C1. The molecule has 0 saturated carbocycles. The average Bonchev–Trinajstić information content (AvgIpc) is 2.69. The lowest BCUT2D eigenvalue weighted by molar-refractivity contribution is -0.145. The highest BCUT2D eigenvalue weighted by molar-refractivity contribution is 5.82. The second-order valence-electron chi connectivity index (χ2n) is 6.59. The van der Waals surface area contributed by atoms with Crippen molar-refractivity contribution in [2.24, 2.45) is 5.92 Å². The zero-order chi connectivity index (χ0) is 17.5. The highest BCUT2D eigenvalue weighted by Gasteiger charge is 2.31. The summed E-state index contributed by atoms with van der Waals surface area (Å²) >= 11 is 0. The van der Waals surface area contributed by atoms with E-state index in [4.69, 9.17) is 9.47 Å². The number of piperidine rings is 1. The molecular weight excluding hydrogens is 320 g/mol. The van der Waals surface area contributed by atoms with E-state index >= 15 is 0 Å². The first kappa shape index (κ1) is 17.9. The Bertz CT molecular complexity index is 572. The maximum absolute atomic E-state index is 12.6. The van der Waals surface area contributed by atoms with E-state index in [1.807, 2.05) is 35.2 Å². The third-order valence-corrected chi connectivity index (χ3v) is 4.78. The number of hydrogen-bond acceptors (Lipinski definition) is 4. The van der Waals surface area contributed by atoms with Crippen molar-refractivity contribution in [2.75, 3.05) is 46.0 Å². The minimum absolute atomic E-state index is 0.0320. The van der Waals surface area contributed by atoms with Gasteiger partial charge < -0.3 is 19.3 Å². The third-order valence-electron chi connectivity index (χ3n) is 4.78. The fourth-order valence-corrected chi connectivity index (χ4v) is 3.37. The van der Waals surface area contributed by atoms with Gasteiger partial charge in [-0.05, 0) is 18.4 Å². The molecule has 0 spiro atoms. The molecular formula is C19H26N2O4. The number of hydrogen-bond donors (Lipinski definition) is 0. The Morgan fingerprint density at radius 3 is 2.60 bits per heavy atom. The van der Waals surface area contributed by atoms with E-state index in [0.29, 0.717) is 46.0 Å². The van der Waals surface area contributed by atoms with E-state index in [9.17, 15) is 9.59 Å². The Balaban J connectivity index is 1.45. The lowest BCUT2D eigenvalue weighted by Crippen LogP contribution is -2.50. The highest BCUT2D eigenvalue weighted by Crippen LogP contribution is 2.20. The van der Waals surface area contributed by atoms with Crippen molar-refractivity contribution >= 4 is 11.8 Å². The van der Waals surface area contributed by atoms with Gasteiger partial charge >= 0.3 is 0 Å². The summed E-state index contributed by atoms with van der Waals surface area (Å²) in [4.78, 5) is 28.7. The zero-order valence-corrected chi connectivity index (χ0v) is 14.6. The lowest BCUT2D eigenvalue weighted by Gasteiger charge is -2.36. The zero-order valence-electron chi connectivity index (χ0n) is 14.6. The predicted octanol–water partition coefficient (Wildman–Crippen LogP) is 1.30. The van der Waals surface area contributed by atoms with Crippen molar-refractivity contribution in [2.45, 2.75) is 19.4 Å². The molecule has 2 heterocycles. The van der Waals surface area contributed by atoms with Crippen molar-refractivity contribution in [3.63, 3.8) is 0 Å². The van der Waals surface area contributed by atoms with Crippen LogP contribution in [0.4, 0.5) is 0 Å². The molecule has 2 fully saturated rings. The molecule has 2 aliphatic rings. The van der Waals surface area contributed by atoms with E-state index < -0.39 is 0 Å². The summed E-state index contributed by atoms with van der Waals surface area (Å²) in [5.41, 5.74) is 1.05. The molecule has 2 saturated heterocycles. The van der Waals surface area contributed by atoms with Crippen molar-refractivity contribution in [1.82, 2.24) is 9.80 Å². The van der Waals surface area contributed by atoms with Crippen LogP contribution in [0.25, 0.3) is 0 Å². The van der Waals surface area contributed by atoms with Gasteiger partial charge in [-0.25, -0.2) is 0 Å². The van der Waals surface area contributed by atoms with Crippen LogP contribution in [0.1, 0.15) is 18.4 Å². The van der Waals surface area contributed by atoms with Gasteiger partial charge in [0.1, 0.15) is 6.61 Å². The molecule has 1 aromatic carbocycles. The van der Waals surface area contributed by atoms with E-state index in [1.54, 1.807) is 4.90 Å². The molecule has 1 atom stereocenters. The average molecular weight is 346 g/mol. The summed E-state index contributed by atoms with van der Waals surface area (Å²) in [5, 5.41) is 0. The largest absolute Gasteiger partial charge is 0.378 e. The Labute approximate surface area is 148 Å². The number of nitrogens with zero attached hydrogens (tertiary/aromatic N) is 2. The fraction of sp³-hybridized carbons (Fsp3) is 0.579. The molecule has 0 aliphatic carbocycles. The number of benzene rings is 1. The van der Waals surface area contributed by atoms with Gasteiger partial charge in [0.05, 0.1) is 25.7 Å². The van der Waals surface area contributed by atoms with Gasteiger partial charge in [-0.1, -0.05) is 30.3 Å². The van der Waals surface area contributed by atoms with E-state index in [-0.39, 0.29) is 24.3 Å². The molecule has 6 nitrogen and oxygen atoms in total. The number of carbonyl (C=O) groups excluding carboxylic acids is 2. The van der Waals surface area contributed by atoms with Gasteiger partial charge in [-0.15, -0.1) is 0 Å². The first-order valence-electron chi connectivity index (χ1n) is 9.00. The minimum atomic E-state index is -0.0927. The summed E-state index contributed by atoms with van der Waals surface area (Å²) in [6.07, 6.45) is 1.72. The number of amides is 2. The topological polar surface area (TPSA) is 59.1 Å². The van der Waals surface area contributed by atoms with Gasteiger partial charge in [0.15, 0.2) is 0 Å². The molecule has 0 N–H and O–H groups in total. The Hall–Kier alpha value is -1.92. The predicted molar refractivity (Wildman–Crippen MR) is 92.8 cm³/mol. The van der Waals surface area contributed by atoms with Crippen molar-refractivity contribution in [3.8, 4) is 0 Å². The highest BCUT2D eigenvalue weighted by atomic mass is 16.5. The molecule has 2 amide bonds.